The van der Waals surface area contributed by atoms with Gasteiger partial charge in [-0.25, -0.2) is 14.8 Å². The highest BCUT2D eigenvalue weighted by atomic mass is 35.5. The summed E-state index contributed by atoms with van der Waals surface area (Å²) in [6.07, 6.45) is 1.25. The van der Waals surface area contributed by atoms with Crippen LogP contribution in [0.5, 0.6) is 0 Å². The fraction of sp³-hybridized carbons (Fsp3) is 0.474. The van der Waals surface area contributed by atoms with Crippen molar-refractivity contribution in [1.82, 2.24) is 14.9 Å². The molecule has 148 valence electrons. The number of ether oxygens (including phenoxy) is 1. The first kappa shape index (κ1) is 18.7. The highest BCUT2D eigenvalue weighted by Gasteiger charge is 2.60. The molecule has 0 radical (unpaired) electrons. The highest BCUT2D eigenvalue weighted by Crippen LogP contribution is 2.52. The van der Waals surface area contributed by atoms with Crippen LogP contribution in [0.15, 0.2) is 18.3 Å². The molecule has 8 nitrogen and oxygen atoms in total. The standard InChI is InChI=1S/C19H22ClN5O3/c1-19(2,3)28-18(27)25-7-11-12(8-25)15(11)17(26)24-14-5-9-4-13(20)23-16(21)10(9)6-22-14/h4-6,11-12,15H,7-8H2,1-3H3,(H2,21,23)(H,22,24,26)/t11-,12+,15-. The van der Waals surface area contributed by atoms with E-state index < -0.39 is 5.60 Å². The number of amides is 2. The van der Waals surface area contributed by atoms with E-state index in [0.717, 1.165) is 5.39 Å². The molecule has 0 unspecified atom stereocenters. The van der Waals surface area contributed by atoms with Crippen molar-refractivity contribution in [3.05, 3.63) is 23.5 Å². The van der Waals surface area contributed by atoms with Crippen molar-refractivity contribution in [3.8, 4) is 0 Å². The predicted octanol–water partition coefficient (Wildman–Crippen LogP) is 2.92. The molecule has 3 atom stereocenters. The monoisotopic (exact) mass is 403 g/mol. The largest absolute Gasteiger partial charge is 0.444 e. The second-order valence-corrected chi connectivity index (χ2v) is 8.74. The Kier molecular flexibility index (Phi) is 4.33. The summed E-state index contributed by atoms with van der Waals surface area (Å²) in [5.41, 5.74) is 5.32. The number of likely N-dealkylation sites (tertiary alicyclic amines) is 1. The van der Waals surface area contributed by atoms with Gasteiger partial charge in [-0.15, -0.1) is 0 Å². The van der Waals surface area contributed by atoms with Crippen LogP contribution in [0.2, 0.25) is 5.15 Å². The van der Waals surface area contributed by atoms with Crippen LogP contribution < -0.4 is 11.1 Å². The summed E-state index contributed by atoms with van der Waals surface area (Å²) in [6, 6.07) is 3.40. The maximum atomic E-state index is 12.6. The number of nitrogen functional groups attached to an aromatic ring is 1. The molecule has 2 aliphatic rings. The second kappa shape index (κ2) is 6.48. The van der Waals surface area contributed by atoms with Gasteiger partial charge in [0.05, 0.1) is 0 Å². The van der Waals surface area contributed by atoms with E-state index in [1.165, 1.54) is 0 Å². The van der Waals surface area contributed by atoms with Gasteiger partial charge in [0.25, 0.3) is 0 Å². The molecule has 0 bridgehead atoms. The Hall–Kier alpha value is -2.61. The Morgan fingerprint density at radius 2 is 1.96 bits per heavy atom. The van der Waals surface area contributed by atoms with Gasteiger partial charge in [0.1, 0.15) is 22.4 Å². The minimum absolute atomic E-state index is 0.0844. The Morgan fingerprint density at radius 3 is 2.61 bits per heavy atom. The van der Waals surface area contributed by atoms with Gasteiger partial charge in [0.2, 0.25) is 5.91 Å². The van der Waals surface area contributed by atoms with Crippen LogP contribution in [0.4, 0.5) is 16.4 Å². The van der Waals surface area contributed by atoms with Crippen molar-refractivity contribution in [1.29, 1.82) is 0 Å². The minimum atomic E-state index is -0.524. The third-order valence-electron chi connectivity index (χ3n) is 5.11. The number of nitrogens with one attached hydrogen (secondary N) is 1. The van der Waals surface area contributed by atoms with E-state index >= 15 is 0 Å². The van der Waals surface area contributed by atoms with E-state index in [1.54, 1.807) is 23.2 Å². The van der Waals surface area contributed by atoms with Crippen molar-refractivity contribution in [3.63, 3.8) is 0 Å². The van der Waals surface area contributed by atoms with E-state index in [1.807, 2.05) is 20.8 Å². The van der Waals surface area contributed by atoms with Gasteiger partial charge in [-0.1, -0.05) is 11.6 Å². The summed E-state index contributed by atoms with van der Waals surface area (Å²) in [4.78, 5) is 34.7. The van der Waals surface area contributed by atoms with E-state index in [2.05, 4.69) is 15.3 Å². The summed E-state index contributed by atoms with van der Waals surface area (Å²) in [7, 11) is 0. The van der Waals surface area contributed by atoms with Crippen molar-refractivity contribution >= 4 is 46.0 Å². The molecular weight excluding hydrogens is 382 g/mol. The van der Waals surface area contributed by atoms with Gasteiger partial charge < -0.3 is 20.7 Å². The zero-order valence-electron chi connectivity index (χ0n) is 15.9. The smallest absolute Gasteiger partial charge is 0.410 e. The van der Waals surface area contributed by atoms with Gasteiger partial charge in [0.15, 0.2) is 0 Å². The van der Waals surface area contributed by atoms with Gasteiger partial charge in [-0.2, -0.15) is 0 Å². The molecule has 2 amide bonds. The number of nitrogens with two attached hydrogens (primary N) is 1. The molecule has 3 N–H and O–H groups in total. The number of piperidine rings is 1. The highest BCUT2D eigenvalue weighted by molar-refractivity contribution is 6.30. The number of carbonyl (C=O) groups excluding carboxylic acids is 2. The normalized spacial score (nSPS) is 23.4. The molecule has 0 spiro atoms. The molecule has 28 heavy (non-hydrogen) atoms. The van der Waals surface area contributed by atoms with E-state index in [4.69, 9.17) is 22.1 Å². The number of aromatic nitrogens is 2. The van der Waals surface area contributed by atoms with Crippen LogP contribution in [0.25, 0.3) is 10.8 Å². The third-order valence-corrected chi connectivity index (χ3v) is 5.31. The molecule has 4 rings (SSSR count). The molecule has 2 aromatic rings. The molecule has 9 heteroatoms. The second-order valence-electron chi connectivity index (χ2n) is 8.35. The lowest BCUT2D eigenvalue weighted by atomic mass is 10.2. The molecule has 0 aromatic carbocycles. The molecule has 2 fully saturated rings. The lowest BCUT2D eigenvalue weighted by Crippen LogP contribution is -2.38. The van der Waals surface area contributed by atoms with Gasteiger partial charge in [-0.05, 0) is 50.1 Å². The summed E-state index contributed by atoms with van der Waals surface area (Å²) >= 11 is 5.95. The fourth-order valence-corrected chi connectivity index (χ4v) is 4.02. The van der Waals surface area contributed by atoms with Crippen molar-refractivity contribution in [2.24, 2.45) is 17.8 Å². The topological polar surface area (TPSA) is 110 Å². The first-order valence-electron chi connectivity index (χ1n) is 9.13. The van der Waals surface area contributed by atoms with Crippen LogP contribution in [0.1, 0.15) is 20.8 Å². The molecule has 1 saturated carbocycles. The van der Waals surface area contributed by atoms with Crippen LogP contribution in [-0.4, -0.2) is 45.6 Å². The Balaban J connectivity index is 1.38. The molecule has 1 aliphatic heterocycles. The lowest BCUT2D eigenvalue weighted by Gasteiger charge is -2.25. The average Bonchev–Trinajstić information content (AvgIpc) is 3.07. The molecular formula is C19H22ClN5O3. The van der Waals surface area contributed by atoms with E-state index in [-0.39, 0.29) is 34.9 Å². The maximum absolute atomic E-state index is 12.6. The molecule has 1 saturated heterocycles. The SMILES string of the molecule is CC(C)(C)OC(=O)N1C[C@@H]2[C@H](C1)[C@@H]2C(=O)Nc1cc2cc(Cl)nc(N)c2cn1. The van der Waals surface area contributed by atoms with Crippen molar-refractivity contribution in [2.75, 3.05) is 24.1 Å². The molecule has 3 heterocycles. The number of anilines is 2. The van der Waals surface area contributed by atoms with Gasteiger partial charge >= 0.3 is 6.09 Å². The van der Waals surface area contributed by atoms with Crippen LogP contribution in [-0.2, 0) is 9.53 Å². The minimum Gasteiger partial charge on any atom is -0.444 e. The number of hydrogen-bond acceptors (Lipinski definition) is 6. The number of hydrogen-bond donors (Lipinski definition) is 2. The number of rotatable bonds is 2. The summed E-state index contributed by atoms with van der Waals surface area (Å²) in [5, 5.41) is 4.58. The van der Waals surface area contributed by atoms with E-state index in [9.17, 15) is 9.59 Å². The Bertz CT molecular complexity index is 962. The molecule has 2 aromatic heterocycles. The Morgan fingerprint density at radius 1 is 1.29 bits per heavy atom. The summed E-state index contributed by atoms with van der Waals surface area (Å²) in [6.45, 7) is 6.60. The number of carbonyl (C=O) groups is 2. The zero-order chi connectivity index (χ0) is 20.2. The van der Waals surface area contributed by atoms with Crippen LogP contribution in [0.3, 0.4) is 0 Å². The predicted molar refractivity (Wildman–Crippen MR) is 106 cm³/mol. The molecule has 1 aliphatic carbocycles. The van der Waals surface area contributed by atoms with Gasteiger partial charge in [0, 0.05) is 30.6 Å². The fourth-order valence-electron chi connectivity index (χ4n) is 3.81. The number of nitrogens with zero attached hydrogens (tertiary/aromatic N) is 3. The van der Waals surface area contributed by atoms with Crippen LogP contribution in [0, 0.1) is 17.8 Å². The van der Waals surface area contributed by atoms with Crippen LogP contribution >= 0.6 is 11.6 Å². The number of fused-ring (bicyclic) bond motifs is 2. The average molecular weight is 404 g/mol. The lowest BCUT2D eigenvalue weighted by molar-refractivity contribution is -0.118. The quantitative estimate of drug-likeness (QED) is 0.746. The third kappa shape index (κ3) is 3.56. The number of halogens is 1. The first-order valence-corrected chi connectivity index (χ1v) is 9.51. The summed E-state index contributed by atoms with van der Waals surface area (Å²) < 4.78 is 5.39. The maximum Gasteiger partial charge on any atom is 0.410 e. The van der Waals surface area contributed by atoms with Crippen molar-refractivity contribution < 1.29 is 14.3 Å². The first-order chi connectivity index (χ1) is 13.1. The van der Waals surface area contributed by atoms with Gasteiger partial charge in [-0.3, -0.25) is 4.79 Å². The van der Waals surface area contributed by atoms with Crippen molar-refractivity contribution in [2.45, 2.75) is 26.4 Å². The zero-order valence-corrected chi connectivity index (χ0v) is 16.7. The van der Waals surface area contributed by atoms with E-state index in [0.29, 0.717) is 30.1 Å². The summed E-state index contributed by atoms with van der Waals surface area (Å²) in [5.74, 6) is 0.880. The Labute approximate surface area is 167 Å². The number of pyridine rings is 2.